The molecule has 178 valence electrons. The number of hydrogen-bond donors (Lipinski definition) is 0. The molecule has 0 spiro atoms. The number of carbonyl (C=O) groups is 1. The molecule has 0 saturated carbocycles. The molecule has 2 fully saturated rings. The molecule has 2 saturated heterocycles. The Bertz CT molecular complexity index is 1230. The second-order valence-corrected chi connectivity index (χ2v) is 9.46. The summed E-state index contributed by atoms with van der Waals surface area (Å²) in [6, 6.07) is 15.6. The van der Waals surface area contributed by atoms with Crippen LogP contribution in [0.2, 0.25) is 5.02 Å². The maximum atomic E-state index is 13.2. The zero-order valence-corrected chi connectivity index (χ0v) is 20.2. The summed E-state index contributed by atoms with van der Waals surface area (Å²) < 4.78 is 1.79. The number of rotatable bonds is 4. The predicted molar refractivity (Wildman–Crippen MR) is 137 cm³/mol. The number of hydrogen-bond acceptors (Lipinski definition) is 5. The molecule has 0 radical (unpaired) electrons. The third-order valence-corrected chi connectivity index (χ3v) is 7.33. The number of para-hydroxylation sites is 2. The van der Waals surface area contributed by atoms with E-state index in [0.717, 1.165) is 60.8 Å². The molecule has 0 aliphatic carbocycles. The Hall–Kier alpha value is -3.06. The van der Waals surface area contributed by atoms with Crippen molar-refractivity contribution in [1.82, 2.24) is 14.5 Å². The predicted octanol–water partition coefficient (Wildman–Crippen LogP) is 3.64. The van der Waals surface area contributed by atoms with Crippen LogP contribution in [0.1, 0.15) is 19.8 Å². The lowest BCUT2D eigenvalue weighted by atomic mass is 9.95. The average Bonchev–Trinajstić information content (AvgIpc) is 2.89. The smallest absolute Gasteiger partial charge is 0.293 e. The van der Waals surface area contributed by atoms with Crippen LogP contribution in [0.4, 0.5) is 11.5 Å². The highest BCUT2D eigenvalue weighted by Gasteiger charge is 2.31. The first-order valence-corrected chi connectivity index (χ1v) is 12.5. The van der Waals surface area contributed by atoms with E-state index in [1.807, 2.05) is 60.4 Å². The van der Waals surface area contributed by atoms with Gasteiger partial charge >= 0.3 is 0 Å². The molecule has 0 atom stereocenters. The van der Waals surface area contributed by atoms with E-state index in [2.05, 4.69) is 9.80 Å². The molecule has 34 heavy (non-hydrogen) atoms. The van der Waals surface area contributed by atoms with Crippen LogP contribution >= 0.6 is 11.6 Å². The summed E-state index contributed by atoms with van der Waals surface area (Å²) in [4.78, 5) is 37.4. The summed E-state index contributed by atoms with van der Waals surface area (Å²) in [5.41, 5.74) is 2.78. The standard InChI is InChI=1S/C26H30ClN5O2/c1-2-32-23-6-4-3-5-22(23)28-24(26(32)34)30-13-11-19(12-14-30)25(33)31-17-15-29(16-18-31)21-9-7-20(27)8-10-21/h3-10,19H,2,11-18H2,1H3. The minimum atomic E-state index is -0.0516. The molecular formula is C26H30ClN5O2. The fraction of sp³-hybridized carbons (Fsp3) is 0.423. The Kier molecular flexibility index (Phi) is 6.46. The fourth-order valence-corrected chi connectivity index (χ4v) is 5.26. The second kappa shape index (κ2) is 9.66. The highest BCUT2D eigenvalue weighted by Crippen LogP contribution is 2.25. The number of benzene rings is 2. The van der Waals surface area contributed by atoms with E-state index in [9.17, 15) is 9.59 Å². The van der Waals surface area contributed by atoms with Gasteiger partial charge < -0.3 is 19.3 Å². The molecule has 2 aromatic carbocycles. The maximum absolute atomic E-state index is 13.2. The molecule has 1 aromatic heterocycles. The summed E-state index contributed by atoms with van der Waals surface area (Å²) >= 11 is 6.00. The summed E-state index contributed by atoms with van der Waals surface area (Å²) in [5.74, 6) is 0.753. The van der Waals surface area contributed by atoms with Gasteiger partial charge in [0.1, 0.15) is 0 Å². The molecule has 8 heteroatoms. The molecule has 0 bridgehead atoms. The number of fused-ring (bicyclic) bond motifs is 1. The van der Waals surface area contributed by atoms with Crippen LogP contribution in [0, 0.1) is 5.92 Å². The van der Waals surface area contributed by atoms with E-state index in [4.69, 9.17) is 16.6 Å². The van der Waals surface area contributed by atoms with Gasteiger partial charge in [0.05, 0.1) is 11.0 Å². The molecule has 2 aliphatic rings. The van der Waals surface area contributed by atoms with Crippen molar-refractivity contribution in [3.8, 4) is 0 Å². The van der Waals surface area contributed by atoms with Crippen LogP contribution in [0.3, 0.4) is 0 Å². The Morgan fingerprint density at radius 1 is 0.941 bits per heavy atom. The first kappa shape index (κ1) is 22.7. The van der Waals surface area contributed by atoms with E-state index < -0.39 is 0 Å². The summed E-state index contributed by atoms with van der Waals surface area (Å²) in [6.07, 6.45) is 1.49. The quantitative estimate of drug-likeness (QED) is 0.571. The van der Waals surface area contributed by atoms with Crippen molar-refractivity contribution in [2.24, 2.45) is 5.92 Å². The van der Waals surface area contributed by atoms with Gasteiger partial charge in [-0.3, -0.25) is 9.59 Å². The number of carbonyl (C=O) groups excluding carboxylic acids is 1. The van der Waals surface area contributed by atoms with Crippen LogP contribution in [-0.4, -0.2) is 59.6 Å². The molecule has 2 aliphatic heterocycles. The number of aryl methyl sites for hydroxylation is 1. The number of amides is 1. The molecule has 0 N–H and O–H groups in total. The summed E-state index contributed by atoms with van der Waals surface area (Å²) in [6.45, 7) is 7.04. The van der Waals surface area contributed by atoms with Crippen LogP contribution in [0.15, 0.2) is 53.3 Å². The molecule has 3 heterocycles. The number of nitrogens with zero attached hydrogens (tertiary/aromatic N) is 5. The molecule has 3 aromatic rings. The zero-order chi connectivity index (χ0) is 23.7. The van der Waals surface area contributed by atoms with Gasteiger partial charge in [-0.25, -0.2) is 4.98 Å². The fourth-order valence-electron chi connectivity index (χ4n) is 5.13. The van der Waals surface area contributed by atoms with E-state index >= 15 is 0 Å². The molecule has 1 amide bonds. The monoisotopic (exact) mass is 479 g/mol. The van der Waals surface area contributed by atoms with E-state index in [0.29, 0.717) is 25.5 Å². The van der Waals surface area contributed by atoms with Crippen molar-refractivity contribution in [3.63, 3.8) is 0 Å². The van der Waals surface area contributed by atoms with Crippen molar-refractivity contribution in [1.29, 1.82) is 0 Å². The highest BCUT2D eigenvalue weighted by atomic mass is 35.5. The van der Waals surface area contributed by atoms with Crippen molar-refractivity contribution in [3.05, 3.63) is 63.9 Å². The van der Waals surface area contributed by atoms with Gasteiger partial charge in [-0.1, -0.05) is 23.7 Å². The van der Waals surface area contributed by atoms with Gasteiger partial charge in [0.25, 0.3) is 5.56 Å². The second-order valence-electron chi connectivity index (χ2n) is 9.02. The van der Waals surface area contributed by atoms with Crippen LogP contribution in [0.5, 0.6) is 0 Å². The van der Waals surface area contributed by atoms with E-state index in [1.165, 1.54) is 0 Å². The van der Waals surface area contributed by atoms with E-state index in [-0.39, 0.29) is 17.4 Å². The Morgan fingerprint density at radius 2 is 1.62 bits per heavy atom. The summed E-state index contributed by atoms with van der Waals surface area (Å²) in [5, 5.41) is 0.733. The Balaban J connectivity index is 1.21. The molecule has 0 unspecified atom stereocenters. The molecule has 7 nitrogen and oxygen atoms in total. The summed E-state index contributed by atoms with van der Waals surface area (Å²) in [7, 11) is 0. The van der Waals surface area contributed by atoms with Gasteiger partial charge in [0.15, 0.2) is 5.82 Å². The van der Waals surface area contributed by atoms with Gasteiger partial charge in [-0.05, 0) is 56.2 Å². The largest absolute Gasteiger partial charge is 0.368 e. The lowest BCUT2D eigenvalue weighted by Gasteiger charge is -2.39. The SMILES string of the molecule is CCn1c(=O)c(N2CCC(C(=O)N3CCN(c4ccc(Cl)cc4)CC3)CC2)nc2ccccc21. The van der Waals surface area contributed by atoms with Crippen molar-refractivity contribution in [2.75, 3.05) is 49.1 Å². The minimum absolute atomic E-state index is 0.00666. The van der Waals surface area contributed by atoms with Crippen molar-refractivity contribution < 1.29 is 4.79 Å². The lowest BCUT2D eigenvalue weighted by molar-refractivity contribution is -0.136. The maximum Gasteiger partial charge on any atom is 0.293 e. The van der Waals surface area contributed by atoms with Crippen LogP contribution < -0.4 is 15.4 Å². The average molecular weight is 480 g/mol. The van der Waals surface area contributed by atoms with Gasteiger partial charge in [-0.2, -0.15) is 0 Å². The number of piperidine rings is 1. The highest BCUT2D eigenvalue weighted by molar-refractivity contribution is 6.30. The third-order valence-electron chi connectivity index (χ3n) is 7.08. The van der Waals surface area contributed by atoms with Gasteiger partial charge in [-0.15, -0.1) is 0 Å². The third kappa shape index (κ3) is 4.37. The normalized spacial score (nSPS) is 17.4. The topological polar surface area (TPSA) is 61.7 Å². The van der Waals surface area contributed by atoms with Gasteiger partial charge in [0, 0.05) is 62.4 Å². The molecular weight excluding hydrogens is 450 g/mol. The zero-order valence-electron chi connectivity index (χ0n) is 19.5. The lowest BCUT2D eigenvalue weighted by Crippen LogP contribution is -2.52. The van der Waals surface area contributed by atoms with Crippen LogP contribution in [-0.2, 0) is 11.3 Å². The van der Waals surface area contributed by atoms with Crippen molar-refractivity contribution in [2.45, 2.75) is 26.3 Å². The Morgan fingerprint density at radius 3 is 2.29 bits per heavy atom. The number of halogens is 1. The molecule has 5 rings (SSSR count). The first-order chi connectivity index (χ1) is 16.5. The Labute approximate surface area is 204 Å². The number of anilines is 2. The first-order valence-electron chi connectivity index (χ1n) is 12.1. The minimum Gasteiger partial charge on any atom is -0.368 e. The van der Waals surface area contributed by atoms with Crippen molar-refractivity contribution >= 4 is 40.0 Å². The van der Waals surface area contributed by atoms with Gasteiger partial charge in [0.2, 0.25) is 5.91 Å². The van der Waals surface area contributed by atoms with Crippen LogP contribution in [0.25, 0.3) is 11.0 Å². The number of piperazine rings is 1. The number of aromatic nitrogens is 2. The van der Waals surface area contributed by atoms with E-state index in [1.54, 1.807) is 4.57 Å².